The predicted molar refractivity (Wildman–Crippen MR) is 142 cm³/mol. The van der Waals surface area contributed by atoms with Gasteiger partial charge in [-0.2, -0.15) is 0 Å². The average Bonchev–Trinajstić information content (AvgIpc) is 2.94. The van der Waals surface area contributed by atoms with Gasteiger partial charge in [0.05, 0.1) is 25.3 Å². The zero-order valence-electron chi connectivity index (χ0n) is 20.3. The maximum absolute atomic E-state index is 13.6. The molecule has 0 aromatic heterocycles. The van der Waals surface area contributed by atoms with Crippen molar-refractivity contribution in [3.05, 3.63) is 120 Å². The van der Waals surface area contributed by atoms with Crippen molar-refractivity contribution < 1.29 is 19.1 Å². The number of ether oxygens (including phenoxy) is 2. The molecular formula is C30H28N2O4. The van der Waals surface area contributed by atoms with Gasteiger partial charge in [-0.15, -0.1) is 0 Å². The number of hydrogen-bond donors (Lipinski definition) is 1. The summed E-state index contributed by atoms with van der Waals surface area (Å²) in [5.74, 6) is 0.592. The number of amides is 2. The van der Waals surface area contributed by atoms with Crippen molar-refractivity contribution >= 4 is 23.2 Å². The van der Waals surface area contributed by atoms with E-state index in [1.165, 1.54) is 7.11 Å². The van der Waals surface area contributed by atoms with Gasteiger partial charge in [0.2, 0.25) is 0 Å². The van der Waals surface area contributed by atoms with E-state index in [2.05, 4.69) is 5.32 Å². The molecule has 0 atom stereocenters. The van der Waals surface area contributed by atoms with Crippen molar-refractivity contribution in [3.8, 4) is 11.5 Å². The summed E-state index contributed by atoms with van der Waals surface area (Å²) >= 11 is 0. The van der Waals surface area contributed by atoms with Crippen molar-refractivity contribution in [2.24, 2.45) is 0 Å². The number of nitrogens with one attached hydrogen (secondary N) is 1. The Bertz CT molecular complexity index is 1320. The maximum atomic E-state index is 13.6. The molecule has 4 aromatic carbocycles. The number of para-hydroxylation sites is 2. The SMILES string of the molecule is COc1ccccc1C(=O)Nc1ccc(N(CCc2ccccc2)C(=O)c2ccccc2OC)cc1. The Morgan fingerprint density at radius 1 is 0.694 bits per heavy atom. The molecule has 0 saturated heterocycles. The molecule has 182 valence electrons. The molecule has 6 nitrogen and oxygen atoms in total. The molecular weight excluding hydrogens is 452 g/mol. The van der Waals surface area contributed by atoms with Crippen LogP contribution in [0.3, 0.4) is 0 Å². The van der Waals surface area contributed by atoms with Gasteiger partial charge >= 0.3 is 0 Å². The lowest BCUT2D eigenvalue weighted by Gasteiger charge is -2.24. The molecule has 0 fully saturated rings. The zero-order valence-corrected chi connectivity index (χ0v) is 20.3. The summed E-state index contributed by atoms with van der Waals surface area (Å²) < 4.78 is 10.7. The molecule has 36 heavy (non-hydrogen) atoms. The third-order valence-electron chi connectivity index (χ3n) is 5.84. The average molecular weight is 481 g/mol. The first-order chi connectivity index (χ1) is 17.6. The third kappa shape index (κ3) is 5.73. The number of hydrogen-bond acceptors (Lipinski definition) is 4. The van der Waals surface area contributed by atoms with E-state index in [0.717, 1.165) is 11.3 Å². The van der Waals surface area contributed by atoms with E-state index in [4.69, 9.17) is 9.47 Å². The van der Waals surface area contributed by atoms with Gasteiger partial charge < -0.3 is 19.7 Å². The minimum Gasteiger partial charge on any atom is -0.496 e. The molecule has 0 saturated carbocycles. The molecule has 0 heterocycles. The van der Waals surface area contributed by atoms with Crippen molar-refractivity contribution in [1.82, 2.24) is 0 Å². The van der Waals surface area contributed by atoms with Crippen LogP contribution >= 0.6 is 0 Å². The van der Waals surface area contributed by atoms with E-state index in [0.29, 0.717) is 41.3 Å². The van der Waals surface area contributed by atoms with Crippen molar-refractivity contribution in [2.45, 2.75) is 6.42 Å². The third-order valence-corrected chi connectivity index (χ3v) is 5.84. The fourth-order valence-electron chi connectivity index (χ4n) is 3.96. The van der Waals surface area contributed by atoms with E-state index in [9.17, 15) is 9.59 Å². The van der Waals surface area contributed by atoms with Crippen LogP contribution in [-0.2, 0) is 6.42 Å². The Hall–Kier alpha value is -4.58. The molecule has 4 aromatic rings. The lowest BCUT2D eigenvalue weighted by molar-refractivity contribution is 0.0982. The van der Waals surface area contributed by atoms with Gasteiger partial charge in [0, 0.05) is 17.9 Å². The first-order valence-electron chi connectivity index (χ1n) is 11.6. The van der Waals surface area contributed by atoms with Crippen LogP contribution in [0.4, 0.5) is 11.4 Å². The van der Waals surface area contributed by atoms with E-state index in [-0.39, 0.29) is 11.8 Å². The Balaban J connectivity index is 1.58. The number of methoxy groups -OCH3 is 2. The smallest absolute Gasteiger partial charge is 0.262 e. The predicted octanol–water partition coefficient (Wildman–Crippen LogP) is 5.85. The highest BCUT2D eigenvalue weighted by Gasteiger charge is 2.21. The number of nitrogens with zero attached hydrogens (tertiary/aromatic N) is 1. The summed E-state index contributed by atoms with van der Waals surface area (Å²) in [6.07, 6.45) is 0.689. The number of benzene rings is 4. The van der Waals surface area contributed by atoms with Crippen molar-refractivity contribution in [3.63, 3.8) is 0 Å². The fraction of sp³-hybridized carbons (Fsp3) is 0.133. The first kappa shape index (κ1) is 24.5. The minimum atomic E-state index is -0.272. The van der Waals surface area contributed by atoms with Crippen molar-refractivity contribution in [1.29, 1.82) is 0 Å². The van der Waals surface area contributed by atoms with Crippen LogP contribution in [-0.4, -0.2) is 32.6 Å². The van der Waals surface area contributed by atoms with Crippen LogP contribution < -0.4 is 19.7 Å². The molecule has 2 amide bonds. The van der Waals surface area contributed by atoms with E-state index >= 15 is 0 Å². The maximum Gasteiger partial charge on any atom is 0.262 e. The highest BCUT2D eigenvalue weighted by atomic mass is 16.5. The summed E-state index contributed by atoms with van der Waals surface area (Å²) in [7, 11) is 3.09. The van der Waals surface area contributed by atoms with Crippen LogP contribution in [0.5, 0.6) is 11.5 Å². The first-order valence-corrected chi connectivity index (χ1v) is 11.6. The van der Waals surface area contributed by atoms with Gasteiger partial charge in [-0.05, 0) is 60.5 Å². The molecule has 0 radical (unpaired) electrons. The number of anilines is 2. The minimum absolute atomic E-state index is 0.158. The number of carbonyl (C=O) groups excluding carboxylic acids is 2. The van der Waals surface area contributed by atoms with E-state index < -0.39 is 0 Å². The fourth-order valence-corrected chi connectivity index (χ4v) is 3.96. The standard InChI is InChI=1S/C30H28N2O4/c1-35-27-14-8-6-12-25(27)29(33)31-23-16-18-24(19-17-23)32(21-20-22-10-4-3-5-11-22)30(34)26-13-7-9-15-28(26)36-2/h3-19H,20-21H2,1-2H3,(H,31,33). The van der Waals surface area contributed by atoms with Gasteiger partial charge in [0.1, 0.15) is 11.5 Å². The summed E-state index contributed by atoms with van der Waals surface area (Å²) in [6, 6.07) is 31.5. The molecule has 4 rings (SSSR count). The molecule has 1 N–H and O–H groups in total. The van der Waals surface area contributed by atoms with Crippen molar-refractivity contribution in [2.75, 3.05) is 31.0 Å². The Kier molecular flexibility index (Phi) is 7.98. The molecule has 0 unspecified atom stereocenters. The van der Waals surface area contributed by atoms with Gasteiger partial charge in [0.25, 0.3) is 11.8 Å². The second-order valence-corrected chi connectivity index (χ2v) is 8.09. The van der Waals surface area contributed by atoms with Crippen LogP contribution in [0.2, 0.25) is 0 Å². The highest BCUT2D eigenvalue weighted by Crippen LogP contribution is 2.26. The van der Waals surface area contributed by atoms with Gasteiger partial charge in [-0.1, -0.05) is 54.6 Å². The van der Waals surface area contributed by atoms with Crippen LogP contribution in [0.1, 0.15) is 26.3 Å². The quantitative estimate of drug-likeness (QED) is 0.327. The summed E-state index contributed by atoms with van der Waals surface area (Å²) in [4.78, 5) is 28.1. The largest absolute Gasteiger partial charge is 0.496 e. The molecule has 0 aliphatic rings. The van der Waals surface area contributed by atoms with E-state index in [1.807, 2.05) is 60.7 Å². The number of carbonyl (C=O) groups is 2. The molecule has 0 aliphatic heterocycles. The summed E-state index contributed by atoms with van der Waals surface area (Å²) in [6.45, 7) is 0.480. The zero-order chi connectivity index (χ0) is 25.3. The normalized spacial score (nSPS) is 10.4. The Morgan fingerprint density at radius 3 is 1.89 bits per heavy atom. The highest BCUT2D eigenvalue weighted by molar-refractivity contribution is 6.08. The lowest BCUT2D eigenvalue weighted by atomic mass is 10.1. The van der Waals surface area contributed by atoms with E-state index in [1.54, 1.807) is 54.5 Å². The van der Waals surface area contributed by atoms with Gasteiger partial charge in [-0.25, -0.2) is 0 Å². The summed E-state index contributed by atoms with van der Waals surface area (Å²) in [5.41, 5.74) is 3.40. The summed E-state index contributed by atoms with van der Waals surface area (Å²) in [5, 5.41) is 2.89. The second kappa shape index (κ2) is 11.7. The molecule has 0 spiro atoms. The van der Waals surface area contributed by atoms with Gasteiger partial charge in [-0.3, -0.25) is 9.59 Å². The molecule has 0 aliphatic carbocycles. The van der Waals surface area contributed by atoms with Crippen LogP contribution in [0, 0.1) is 0 Å². The Labute approximate surface area is 211 Å². The topological polar surface area (TPSA) is 67.9 Å². The molecule has 0 bridgehead atoms. The second-order valence-electron chi connectivity index (χ2n) is 8.09. The molecule has 6 heteroatoms. The van der Waals surface area contributed by atoms with Crippen LogP contribution in [0.15, 0.2) is 103 Å². The number of rotatable bonds is 9. The lowest BCUT2D eigenvalue weighted by Crippen LogP contribution is -2.33. The monoisotopic (exact) mass is 480 g/mol. The van der Waals surface area contributed by atoms with Gasteiger partial charge in [0.15, 0.2) is 0 Å². The van der Waals surface area contributed by atoms with Crippen LogP contribution in [0.25, 0.3) is 0 Å². The Morgan fingerprint density at radius 2 is 1.25 bits per heavy atom.